The topological polar surface area (TPSA) is 141 Å². The zero-order valence-electron chi connectivity index (χ0n) is 19.9. The van der Waals surface area contributed by atoms with Crippen molar-refractivity contribution in [3.05, 3.63) is 43.9 Å². The maximum Gasteiger partial charge on any atom is 0.330 e. The molecule has 0 aliphatic heterocycles. The lowest BCUT2D eigenvalue weighted by molar-refractivity contribution is 0.0984. The van der Waals surface area contributed by atoms with E-state index in [1.165, 1.54) is 9.47 Å². The smallest absolute Gasteiger partial charge is 0.330 e. The highest BCUT2D eigenvalue weighted by Gasteiger charge is 2.28. The van der Waals surface area contributed by atoms with Crippen molar-refractivity contribution in [3.63, 3.8) is 0 Å². The highest BCUT2D eigenvalue weighted by molar-refractivity contribution is 6.14. The summed E-state index contributed by atoms with van der Waals surface area (Å²) in [5, 5.41) is 5.01. The molecule has 0 radical (unpaired) electrons. The number of methoxy groups -OCH3 is 1. The first-order chi connectivity index (χ1) is 15.6. The number of nitrogens with two attached hydrogens (primary N) is 1. The summed E-state index contributed by atoms with van der Waals surface area (Å²) in [6.45, 7) is 8.30. The number of pyridine rings is 1. The van der Waals surface area contributed by atoms with E-state index in [4.69, 9.17) is 10.5 Å². The van der Waals surface area contributed by atoms with Crippen molar-refractivity contribution in [3.8, 4) is 0 Å². The van der Waals surface area contributed by atoms with Crippen LogP contribution in [-0.4, -0.2) is 50.5 Å². The number of rotatable bonds is 8. The first-order valence-electron chi connectivity index (χ1n) is 10.8. The lowest BCUT2D eigenvalue weighted by Gasteiger charge is -2.25. The molecule has 33 heavy (non-hydrogen) atoms. The molecule has 0 saturated heterocycles. The van der Waals surface area contributed by atoms with Crippen LogP contribution >= 0.6 is 0 Å². The molecule has 3 rings (SSSR count). The van der Waals surface area contributed by atoms with E-state index < -0.39 is 17.2 Å². The fourth-order valence-electron chi connectivity index (χ4n) is 3.95. The SMILES string of the molecule is COCCCN(C(=O)c1cc(C)nc2c1c(C)nn2C)c1c(N)n(CC(C)C)c(=O)[nH]c1=O. The first-order valence-corrected chi connectivity index (χ1v) is 10.8. The van der Waals surface area contributed by atoms with E-state index >= 15 is 0 Å². The van der Waals surface area contributed by atoms with Gasteiger partial charge in [-0.15, -0.1) is 0 Å². The molecular formula is C22H31N7O4. The largest absolute Gasteiger partial charge is 0.385 e. The average molecular weight is 458 g/mol. The number of hydrogen-bond donors (Lipinski definition) is 2. The summed E-state index contributed by atoms with van der Waals surface area (Å²) < 4.78 is 8.06. The van der Waals surface area contributed by atoms with Gasteiger partial charge in [0.25, 0.3) is 11.5 Å². The van der Waals surface area contributed by atoms with Gasteiger partial charge in [0, 0.05) is 39.5 Å². The third-order valence-corrected chi connectivity index (χ3v) is 5.33. The Hall–Kier alpha value is -3.47. The van der Waals surface area contributed by atoms with Crippen molar-refractivity contribution in [2.75, 3.05) is 30.9 Å². The molecule has 11 heteroatoms. The molecule has 3 heterocycles. The molecule has 3 aromatic rings. The molecule has 0 bridgehead atoms. The Labute approximate surface area is 191 Å². The summed E-state index contributed by atoms with van der Waals surface area (Å²) in [5.74, 6) is -0.375. The molecule has 3 aromatic heterocycles. The molecule has 0 spiro atoms. The molecule has 0 fully saturated rings. The van der Waals surface area contributed by atoms with E-state index in [1.807, 2.05) is 13.8 Å². The summed E-state index contributed by atoms with van der Waals surface area (Å²) in [6.07, 6.45) is 0.462. The maximum absolute atomic E-state index is 13.9. The Balaban J connectivity index is 2.24. The number of nitrogens with zero attached hydrogens (tertiary/aromatic N) is 5. The number of aryl methyl sites for hydroxylation is 3. The predicted molar refractivity (Wildman–Crippen MR) is 127 cm³/mol. The van der Waals surface area contributed by atoms with E-state index in [0.29, 0.717) is 47.6 Å². The van der Waals surface area contributed by atoms with Gasteiger partial charge in [-0.1, -0.05) is 13.8 Å². The van der Waals surface area contributed by atoms with E-state index in [9.17, 15) is 14.4 Å². The second-order valence-corrected chi connectivity index (χ2v) is 8.52. The highest BCUT2D eigenvalue weighted by atomic mass is 16.5. The summed E-state index contributed by atoms with van der Waals surface area (Å²) in [7, 11) is 3.32. The average Bonchev–Trinajstić information content (AvgIpc) is 3.02. The van der Waals surface area contributed by atoms with E-state index in [2.05, 4.69) is 15.1 Å². The zero-order valence-corrected chi connectivity index (χ0v) is 19.9. The van der Waals surface area contributed by atoms with Crippen molar-refractivity contribution < 1.29 is 9.53 Å². The minimum absolute atomic E-state index is 0.0480. The molecule has 0 aliphatic carbocycles. The third-order valence-electron chi connectivity index (χ3n) is 5.33. The zero-order chi connectivity index (χ0) is 24.4. The second-order valence-electron chi connectivity index (χ2n) is 8.52. The molecule has 0 aromatic carbocycles. The Morgan fingerprint density at radius 2 is 2.00 bits per heavy atom. The number of amides is 1. The Bertz CT molecular complexity index is 1300. The molecule has 1 amide bonds. The Morgan fingerprint density at radius 3 is 2.64 bits per heavy atom. The van der Waals surface area contributed by atoms with Gasteiger partial charge in [-0.25, -0.2) is 9.78 Å². The molecule has 0 unspecified atom stereocenters. The standard InChI is InChI=1S/C22H31N7O4/c1-12(2)11-29-18(23)17(20(30)25-22(29)32)28(8-7-9-33-6)21(31)15-10-13(3)24-19-16(15)14(4)26-27(19)5/h10,12H,7-9,11,23H2,1-6H3,(H,25,30,32). The van der Waals surface area contributed by atoms with Crippen molar-refractivity contribution >= 4 is 28.4 Å². The van der Waals surface area contributed by atoms with Gasteiger partial charge in [-0.3, -0.25) is 23.8 Å². The maximum atomic E-state index is 13.9. The summed E-state index contributed by atoms with van der Waals surface area (Å²) in [6, 6.07) is 1.68. The van der Waals surface area contributed by atoms with Gasteiger partial charge >= 0.3 is 5.69 Å². The fourth-order valence-corrected chi connectivity index (χ4v) is 3.95. The van der Waals surface area contributed by atoms with Crippen LogP contribution in [0.4, 0.5) is 11.5 Å². The fraction of sp³-hybridized carbons (Fsp3) is 0.500. The van der Waals surface area contributed by atoms with Crippen LogP contribution in [0.1, 0.15) is 42.0 Å². The Morgan fingerprint density at radius 1 is 1.30 bits per heavy atom. The summed E-state index contributed by atoms with van der Waals surface area (Å²) >= 11 is 0. The number of H-pyrrole nitrogens is 1. The van der Waals surface area contributed by atoms with Gasteiger partial charge in [0.15, 0.2) is 11.3 Å². The number of hydrogen-bond acceptors (Lipinski definition) is 7. The van der Waals surface area contributed by atoms with Crippen LogP contribution in [0.25, 0.3) is 11.0 Å². The third kappa shape index (κ3) is 4.68. The molecular weight excluding hydrogens is 426 g/mol. The van der Waals surface area contributed by atoms with Gasteiger partial charge in [0.1, 0.15) is 5.82 Å². The van der Waals surface area contributed by atoms with Gasteiger partial charge in [-0.05, 0) is 32.3 Å². The first kappa shape index (κ1) is 24.2. The minimum Gasteiger partial charge on any atom is -0.385 e. The molecule has 3 N–H and O–H groups in total. The number of carbonyl (C=O) groups is 1. The van der Waals surface area contributed by atoms with Crippen molar-refractivity contribution in [2.45, 2.75) is 40.7 Å². The van der Waals surface area contributed by atoms with Gasteiger partial charge in [0.05, 0.1) is 16.6 Å². The minimum atomic E-state index is -0.715. The normalized spacial score (nSPS) is 11.5. The second kappa shape index (κ2) is 9.57. The summed E-state index contributed by atoms with van der Waals surface area (Å²) in [4.78, 5) is 47.4. The van der Waals surface area contributed by atoms with Gasteiger partial charge < -0.3 is 15.4 Å². The number of ether oxygens (including phenoxy) is 1. The number of anilines is 2. The van der Waals surface area contributed by atoms with E-state index in [-0.39, 0.29) is 24.0 Å². The lowest BCUT2D eigenvalue weighted by atomic mass is 10.1. The van der Waals surface area contributed by atoms with Gasteiger partial charge in [0.2, 0.25) is 0 Å². The van der Waals surface area contributed by atoms with Crippen molar-refractivity contribution in [2.24, 2.45) is 13.0 Å². The molecule has 0 saturated carbocycles. The monoisotopic (exact) mass is 457 g/mol. The highest BCUT2D eigenvalue weighted by Crippen LogP contribution is 2.26. The van der Waals surface area contributed by atoms with Crippen LogP contribution in [0.5, 0.6) is 0 Å². The predicted octanol–water partition coefficient (Wildman–Crippen LogP) is 1.36. The quantitative estimate of drug-likeness (QED) is 0.486. The lowest BCUT2D eigenvalue weighted by Crippen LogP contribution is -2.42. The Kier molecular flexibility index (Phi) is 7.01. The summed E-state index contributed by atoms with van der Waals surface area (Å²) in [5.41, 5.74) is 7.16. The number of aromatic nitrogens is 5. The number of nitrogens with one attached hydrogen (secondary N) is 1. The van der Waals surface area contributed by atoms with Crippen LogP contribution in [0.15, 0.2) is 15.7 Å². The van der Waals surface area contributed by atoms with Crippen LogP contribution in [0.3, 0.4) is 0 Å². The van der Waals surface area contributed by atoms with Crippen LogP contribution in [-0.2, 0) is 18.3 Å². The van der Waals surface area contributed by atoms with Crippen molar-refractivity contribution in [1.82, 2.24) is 24.3 Å². The number of aromatic amines is 1. The van der Waals surface area contributed by atoms with Gasteiger partial charge in [-0.2, -0.15) is 5.10 Å². The van der Waals surface area contributed by atoms with Crippen LogP contribution in [0, 0.1) is 19.8 Å². The van der Waals surface area contributed by atoms with E-state index in [0.717, 1.165) is 0 Å². The van der Waals surface area contributed by atoms with Crippen molar-refractivity contribution in [1.29, 1.82) is 0 Å². The van der Waals surface area contributed by atoms with E-state index in [1.54, 1.807) is 38.8 Å². The van der Waals surface area contributed by atoms with Crippen LogP contribution in [0.2, 0.25) is 0 Å². The number of fused-ring (bicyclic) bond motifs is 1. The number of nitrogen functional groups attached to an aromatic ring is 1. The molecule has 178 valence electrons. The number of carbonyl (C=O) groups excluding carboxylic acids is 1. The molecule has 0 atom stereocenters. The van der Waals surface area contributed by atoms with Crippen LogP contribution < -0.4 is 21.9 Å². The molecule has 11 nitrogen and oxygen atoms in total. The molecule has 0 aliphatic rings.